The highest BCUT2D eigenvalue weighted by Crippen LogP contribution is 2.28. The molecule has 1 heterocycles. The SMILES string of the molecule is COc1ccc(C)cc1COC1(CN)CCOCC1. The molecular weight excluding hydrogens is 242 g/mol. The van der Waals surface area contributed by atoms with Crippen LogP contribution in [0.2, 0.25) is 0 Å². The van der Waals surface area contributed by atoms with Crippen LogP contribution in [-0.4, -0.2) is 32.5 Å². The lowest BCUT2D eigenvalue weighted by molar-refractivity contribution is -0.112. The molecule has 0 aliphatic carbocycles. The molecule has 0 unspecified atom stereocenters. The highest BCUT2D eigenvalue weighted by Gasteiger charge is 2.32. The number of rotatable bonds is 5. The van der Waals surface area contributed by atoms with E-state index < -0.39 is 0 Å². The van der Waals surface area contributed by atoms with Gasteiger partial charge in [-0.15, -0.1) is 0 Å². The van der Waals surface area contributed by atoms with E-state index in [0.29, 0.717) is 13.2 Å². The van der Waals surface area contributed by atoms with Crippen LogP contribution < -0.4 is 10.5 Å². The molecule has 2 N–H and O–H groups in total. The molecule has 1 aliphatic rings. The molecule has 4 heteroatoms. The van der Waals surface area contributed by atoms with Gasteiger partial charge >= 0.3 is 0 Å². The maximum Gasteiger partial charge on any atom is 0.124 e. The maximum absolute atomic E-state index is 6.12. The van der Waals surface area contributed by atoms with Crippen molar-refractivity contribution in [2.75, 3.05) is 26.9 Å². The molecule has 0 saturated carbocycles. The third kappa shape index (κ3) is 3.47. The molecule has 0 atom stereocenters. The normalized spacial score (nSPS) is 18.3. The molecule has 106 valence electrons. The second-order valence-electron chi connectivity index (χ2n) is 5.10. The highest BCUT2D eigenvalue weighted by atomic mass is 16.5. The summed E-state index contributed by atoms with van der Waals surface area (Å²) in [4.78, 5) is 0. The minimum absolute atomic E-state index is 0.243. The number of ether oxygens (including phenoxy) is 3. The van der Waals surface area contributed by atoms with Crippen LogP contribution in [0.4, 0.5) is 0 Å². The minimum Gasteiger partial charge on any atom is -0.496 e. The number of benzene rings is 1. The van der Waals surface area contributed by atoms with Crippen LogP contribution in [0.25, 0.3) is 0 Å². The Morgan fingerprint density at radius 3 is 2.68 bits per heavy atom. The van der Waals surface area contributed by atoms with Gasteiger partial charge in [-0.25, -0.2) is 0 Å². The summed E-state index contributed by atoms with van der Waals surface area (Å²) in [7, 11) is 1.68. The Labute approximate surface area is 114 Å². The summed E-state index contributed by atoms with van der Waals surface area (Å²) in [6.45, 7) is 4.58. The first-order chi connectivity index (χ1) is 9.19. The van der Waals surface area contributed by atoms with Crippen LogP contribution in [0.1, 0.15) is 24.0 Å². The Morgan fingerprint density at radius 1 is 1.32 bits per heavy atom. The predicted molar refractivity (Wildman–Crippen MR) is 74.4 cm³/mol. The molecule has 1 fully saturated rings. The van der Waals surface area contributed by atoms with Crippen molar-refractivity contribution in [1.82, 2.24) is 0 Å². The number of aryl methyl sites for hydroxylation is 1. The Hall–Kier alpha value is -1.10. The predicted octanol–water partition coefficient (Wildman–Crippen LogP) is 2.03. The van der Waals surface area contributed by atoms with Crippen LogP contribution in [0.5, 0.6) is 5.75 Å². The number of hydrogen-bond acceptors (Lipinski definition) is 4. The van der Waals surface area contributed by atoms with Crippen LogP contribution in [0.15, 0.2) is 18.2 Å². The van der Waals surface area contributed by atoms with E-state index in [1.165, 1.54) is 5.56 Å². The van der Waals surface area contributed by atoms with Crippen LogP contribution >= 0.6 is 0 Å². The Balaban J connectivity index is 2.06. The van der Waals surface area contributed by atoms with E-state index in [0.717, 1.165) is 37.4 Å². The van der Waals surface area contributed by atoms with Gasteiger partial charge < -0.3 is 19.9 Å². The smallest absolute Gasteiger partial charge is 0.124 e. The van der Waals surface area contributed by atoms with E-state index in [4.69, 9.17) is 19.9 Å². The summed E-state index contributed by atoms with van der Waals surface area (Å²) in [5.74, 6) is 0.866. The van der Waals surface area contributed by atoms with Crippen LogP contribution in [0, 0.1) is 6.92 Å². The van der Waals surface area contributed by atoms with Crippen molar-refractivity contribution in [1.29, 1.82) is 0 Å². The standard InChI is InChI=1S/C15H23NO3/c1-12-3-4-14(17-2)13(9-12)10-19-15(11-16)5-7-18-8-6-15/h3-4,9H,5-8,10-11,16H2,1-2H3. The second kappa shape index (κ2) is 6.37. The monoisotopic (exact) mass is 265 g/mol. The molecule has 1 aromatic carbocycles. The van der Waals surface area contributed by atoms with Crippen molar-refractivity contribution >= 4 is 0 Å². The third-order valence-electron chi connectivity index (χ3n) is 3.75. The second-order valence-corrected chi connectivity index (χ2v) is 5.10. The zero-order valence-corrected chi connectivity index (χ0v) is 11.8. The average Bonchev–Trinajstić information content (AvgIpc) is 2.46. The van der Waals surface area contributed by atoms with Crippen molar-refractivity contribution in [2.45, 2.75) is 32.0 Å². The highest BCUT2D eigenvalue weighted by molar-refractivity contribution is 5.36. The lowest BCUT2D eigenvalue weighted by atomic mass is 9.94. The Bertz CT molecular complexity index is 414. The van der Waals surface area contributed by atoms with E-state index >= 15 is 0 Å². The van der Waals surface area contributed by atoms with Crippen molar-refractivity contribution < 1.29 is 14.2 Å². The molecule has 19 heavy (non-hydrogen) atoms. The third-order valence-corrected chi connectivity index (χ3v) is 3.75. The van der Waals surface area contributed by atoms with Gasteiger partial charge in [-0.3, -0.25) is 0 Å². The van der Waals surface area contributed by atoms with Crippen molar-refractivity contribution in [3.8, 4) is 5.75 Å². The minimum atomic E-state index is -0.243. The van der Waals surface area contributed by atoms with E-state index in [-0.39, 0.29) is 5.60 Å². The van der Waals surface area contributed by atoms with Gasteiger partial charge in [0.25, 0.3) is 0 Å². The first-order valence-corrected chi connectivity index (χ1v) is 6.74. The molecule has 1 saturated heterocycles. The van der Waals surface area contributed by atoms with Gasteiger partial charge in [-0.1, -0.05) is 17.7 Å². The van der Waals surface area contributed by atoms with E-state index in [1.807, 2.05) is 12.1 Å². The summed E-state index contributed by atoms with van der Waals surface area (Å²) < 4.78 is 16.9. The Morgan fingerprint density at radius 2 is 2.05 bits per heavy atom. The number of hydrogen-bond donors (Lipinski definition) is 1. The van der Waals surface area contributed by atoms with Crippen molar-refractivity contribution in [2.24, 2.45) is 5.73 Å². The lowest BCUT2D eigenvalue weighted by Crippen LogP contribution is -2.45. The van der Waals surface area contributed by atoms with Gasteiger partial charge in [0.15, 0.2) is 0 Å². The van der Waals surface area contributed by atoms with Crippen molar-refractivity contribution in [3.63, 3.8) is 0 Å². The first-order valence-electron chi connectivity index (χ1n) is 6.74. The Kier molecular flexibility index (Phi) is 4.80. The lowest BCUT2D eigenvalue weighted by Gasteiger charge is -2.36. The molecular formula is C15H23NO3. The molecule has 0 amide bonds. The summed E-state index contributed by atoms with van der Waals surface area (Å²) >= 11 is 0. The van der Waals surface area contributed by atoms with E-state index in [1.54, 1.807) is 7.11 Å². The molecule has 0 aromatic heterocycles. The fourth-order valence-electron chi connectivity index (χ4n) is 2.40. The van der Waals surface area contributed by atoms with Gasteiger partial charge in [0, 0.05) is 38.2 Å². The van der Waals surface area contributed by atoms with Gasteiger partial charge in [0.1, 0.15) is 5.75 Å². The summed E-state index contributed by atoms with van der Waals surface area (Å²) in [5, 5.41) is 0. The molecule has 0 bridgehead atoms. The molecule has 0 radical (unpaired) electrons. The zero-order chi connectivity index (χ0) is 13.7. The van der Waals surface area contributed by atoms with E-state index in [9.17, 15) is 0 Å². The number of methoxy groups -OCH3 is 1. The fraction of sp³-hybridized carbons (Fsp3) is 0.600. The van der Waals surface area contributed by atoms with Crippen LogP contribution in [-0.2, 0) is 16.1 Å². The van der Waals surface area contributed by atoms with Crippen LogP contribution in [0.3, 0.4) is 0 Å². The van der Waals surface area contributed by atoms with E-state index in [2.05, 4.69) is 13.0 Å². The quantitative estimate of drug-likeness (QED) is 0.885. The number of nitrogens with two attached hydrogens (primary N) is 1. The largest absolute Gasteiger partial charge is 0.496 e. The molecule has 1 aliphatic heterocycles. The average molecular weight is 265 g/mol. The molecule has 2 rings (SSSR count). The topological polar surface area (TPSA) is 53.7 Å². The van der Waals surface area contributed by atoms with Gasteiger partial charge in [-0.2, -0.15) is 0 Å². The maximum atomic E-state index is 6.12. The summed E-state index contributed by atoms with van der Waals surface area (Å²) in [6.07, 6.45) is 1.72. The van der Waals surface area contributed by atoms with Crippen molar-refractivity contribution in [3.05, 3.63) is 29.3 Å². The molecule has 4 nitrogen and oxygen atoms in total. The summed E-state index contributed by atoms with van der Waals surface area (Å²) in [6, 6.07) is 6.12. The van der Waals surface area contributed by atoms with Gasteiger partial charge in [0.2, 0.25) is 0 Å². The first kappa shape index (κ1) is 14.3. The summed E-state index contributed by atoms with van der Waals surface area (Å²) in [5.41, 5.74) is 7.92. The van der Waals surface area contributed by atoms with Gasteiger partial charge in [-0.05, 0) is 13.0 Å². The molecule has 0 spiro atoms. The molecule has 1 aromatic rings. The van der Waals surface area contributed by atoms with Gasteiger partial charge in [0.05, 0.1) is 19.3 Å². The zero-order valence-electron chi connectivity index (χ0n) is 11.8. The fourth-order valence-corrected chi connectivity index (χ4v) is 2.40.